The van der Waals surface area contributed by atoms with Gasteiger partial charge in [0, 0.05) is 12.5 Å². The van der Waals surface area contributed by atoms with Crippen molar-refractivity contribution in [3.63, 3.8) is 0 Å². The highest BCUT2D eigenvalue weighted by Gasteiger charge is 2.55. The normalized spacial score (nSPS) is 34.2. The summed E-state index contributed by atoms with van der Waals surface area (Å²) in [5, 5.41) is 3.22. The molecule has 2 aliphatic heterocycles. The van der Waals surface area contributed by atoms with Crippen LogP contribution in [0, 0.1) is 5.92 Å². The number of carbonyl (C=O) groups is 1. The number of ether oxygens (including phenoxy) is 2. The molecule has 2 heterocycles. The summed E-state index contributed by atoms with van der Waals surface area (Å²) in [4.78, 5) is 12.4. The quantitative estimate of drug-likeness (QED) is 0.846. The van der Waals surface area contributed by atoms with Crippen LogP contribution in [0.1, 0.15) is 31.9 Å². The molecule has 1 N–H and O–H groups in total. The Bertz CT molecular complexity index is 476. The first kappa shape index (κ1) is 12.6. The molecule has 2 aliphatic rings. The molecule has 19 heavy (non-hydrogen) atoms. The molecule has 4 heteroatoms. The van der Waals surface area contributed by atoms with E-state index in [1.54, 1.807) is 0 Å². The highest BCUT2D eigenvalue weighted by Crippen LogP contribution is 2.40. The van der Waals surface area contributed by atoms with Crippen LogP contribution in [0.4, 0.5) is 0 Å². The van der Waals surface area contributed by atoms with Gasteiger partial charge in [-0.25, -0.2) is 4.79 Å². The molecule has 0 spiro atoms. The Morgan fingerprint density at radius 1 is 1.47 bits per heavy atom. The molecule has 2 fully saturated rings. The molecule has 2 saturated heterocycles. The number of rotatable bonds is 3. The average molecular weight is 261 g/mol. The van der Waals surface area contributed by atoms with Crippen LogP contribution in [0.2, 0.25) is 0 Å². The topological polar surface area (TPSA) is 47.6 Å². The van der Waals surface area contributed by atoms with Crippen molar-refractivity contribution in [3.05, 3.63) is 35.9 Å². The zero-order chi connectivity index (χ0) is 13.5. The van der Waals surface area contributed by atoms with Gasteiger partial charge in [-0.1, -0.05) is 30.3 Å². The van der Waals surface area contributed by atoms with E-state index in [0.717, 1.165) is 18.5 Å². The third-order valence-corrected chi connectivity index (χ3v) is 4.21. The molecule has 0 amide bonds. The Morgan fingerprint density at radius 2 is 2.21 bits per heavy atom. The van der Waals surface area contributed by atoms with Gasteiger partial charge in [0.1, 0.15) is 12.3 Å². The van der Waals surface area contributed by atoms with Crippen LogP contribution in [-0.4, -0.2) is 24.3 Å². The van der Waals surface area contributed by atoms with Crippen molar-refractivity contribution >= 4 is 5.97 Å². The van der Waals surface area contributed by atoms with E-state index in [2.05, 4.69) is 5.32 Å². The van der Waals surface area contributed by atoms with Crippen molar-refractivity contribution < 1.29 is 14.3 Å². The summed E-state index contributed by atoms with van der Waals surface area (Å²) in [5.74, 6) is -0.0363. The van der Waals surface area contributed by atoms with Crippen molar-refractivity contribution in [2.45, 2.75) is 38.2 Å². The van der Waals surface area contributed by atoms with Gasteiger partial charge >= 0.3 is 5.97 Å². The van der Waals surface area contributed by atoms with E-state index in [1.165, 1.54) is 0 Å². The first-order chi connectivity index (χ1) is 9.09. The van der Waals surface area contributed by atoms with Gasteiger partial charge in [-0.2, -0.15) is 0 Å². The lowest BCUT2D eigenvalue weighted by atomic mass is 9.90. The lowest BCUT2D eigenvalue weighted by Gasteiger charge is -2.32. The van der Waals surface area contributed by atoms with E-state index < -0.39 is 5.60 Å². The fourth-order valence-corrected chi connectivity index (χ4v) is 2.88. The number of hydrogen-bond donors (Lipinski definition) is 1. The summed E-state index contributed by atoms with van der Waals surface area (Å²) in [6.07, 6.45) is 0.654. The van der Waals surface area contributed by atoms with Gasteiger partial charge in [-0.15, -0.1) is 0 Å². The van der Waals surface area contributed by atoms with Gasteiger partial charge in [-0.3, -0.25) is 5.32 Å². The highest BCUT2D eigenvalue weighted by molar-refractivity contribution is 5.80. The summed E-state index contributed by atoms with van der Waals surface area (Å²) < 4.78 is 11.3. The van der Waals surface area contributed by atoms with Crippen LogP contribution < -0.4 is 5.32 Å². The van der Waals surface area contributed by atoms with Gasteiger partial charge in [0.2, 0.25) is 0 Å². The number of benzene rings is 1. The monoisotopic (exact) mass is 261 g/mol. The molecule has 0 aliphatic carbocycles. The van der Waals surface area contributed by atoms with Gasteiger partial charge in [0.25, 0.3) is 0 Å². The van der Waals surface area contributed by atoms with E-state index in [-0.39, 0.29) is 24.2 Å². The highest BCUT2D eigenvalue weighted by atomic mass is 16.6. The van der Waals surface area contributed by atoms with E-state index in [9.17, 15) is 4.79 Å². The van der Waals surface area contributed by atoms with Crippen LogP contribution in [0.15, 0.2) is 30.3 Å². The molecule has 0 radical (unpaired) electrons. The molecule has 3 rings (SSSR count). The summed E-state index contributed by atoms with van der Waals surface area (Å²) in [7, 11) is 0. The van der Waals surface area contributed by atoms with Crippen LogP contribution in [0.25, 0.3) is 0 Å². The molecule has 1 aromatic rings. The van der Waals surface area contributed by atoms with Gasteiger partial charge in [0.05, 0.1) is 0 Å². The third-order valence-electron chi connectivity index (χ3n) is 4.21. The summed E-state index contributed by atoms with van der Waals surface area (Å²) in [6.45, 7) is 4.57. The summed E-state index contributed by atoms with van der Waals surface area (Å²) in [5.41, 5.74) is 0.208. The third kappa shape index (κ3) is 2.15. The first-order valence-electron chi connectivity index (χ1n) is 6.77. The predicted octanol–water partition coefficient (Wildman–Crippen LogP) is 2.02. The maximum absolute atomic E-state index is 12.4. The maximum Gasteiger partial charge on any atom is 0.339 e. The fraction of sp³-hybridized carbons (Fsp3) is 0.533. The van der Waals surface area contributed by atoms with E-state index in [1.807, 2.05) is 44.2 Å². The summed E-state index contributed by atoms with van der Waals surface area (Å²) >= 11 is 0. The van der Waals surface area contributed by atoms with Crippen molar-refractivity contribution in [2.24, 2.45) is 5.92 Å². The molecule has 0 aromatic heterocycles. The van der Waals surface area contributed by atoms with E-state index in [4.69, 9.17) is 9.47 Å². The van der Waals surface area contributed by atoms with Crippen molar-refractivity contribution in [1.82, 2.24) is 5.32 Å². The molecular weight excluding hydrogens is 242 g/mol. The minimum Gasteiger partial charge on any atom is -0.456 e. The molecule has 2 bridgehead atoms. The Balaban J connectivity index is 1.69. The number of nitrogens with one attached hydrogen (secondary N) is 1. The van der Waals surface area contributed by atoms with Crippen LogP contribution in [-0.2, 0) is 14.3 Å². The Morgan fingerprint density at radius 3 is 2.79 bits per heavy atom. The molecule has 1 aromatic carbocycles. The Hall–Kier alpha value is -1.39. The number of hydrogen-bond acceptors (Lipinski definition) is 4. The SMILES string of the molecule is C[C@@H](OC(=O)C1(C)OC2C[C@@H]1CN2)c1ccccc1. The number of carbonyl (C=O) groups excluding carboxylic acids is 1. The molecular formula is C15H19NO3. The van der Waals surface area contributed by atoms with Crippen molar-refractivity contribution in [1.29, 1.82) is 0 Å². The lowest BCUT2D eigenvalue weighted by Crippen LogP contribution is -2.50. The Kier molecular flexibility index (Phi) is 3.07. The van der Waals surface area contributed by atoms with Crippen LogP contribution in [0.5, 0.6) is 0 Å². The zero-order valence-electron chi connectivity index (χ0n) is 11.3. The largest absolute Gasteiger partial charge is 0.456 e. The summed E-state index contributed by atoms with van der Waals surface area (Å²) in [6, 6.07) is 9.76. The smallest absolute Gasteiger partial charge is 0.339 e. The second-order valence-electron chi connectivity index (χ2n) is 5.51. The fourth-order valence-electron chi connectivity index (χ4n) is 2.88. The molecule has 4 nitrogen and oxygen atoms in total. The molecule has 4 atom stereocenters. The molecule has 0 saturated carbocycles. The van der Waals surface area contributed by atoms with Gasteiger partial charge in [0.15, 0.2) is 5.60 Å². The zero-order valence-corrected chi connectivity index (χ0v) is 11.3. The van der Waals surface area contributed by atoms with Crippen LogP contribution >= 0.6 is 0 Å². The number of fused-ring (bicyclic) bond motifs is 2. The van der Waals surface area contributed by atoms with E-state index >= 15 is 0 Å². The van der Waals surface area contributed by atoms with Crippen molar-refractivity contribution in [2.75, 3.05) is 6.54 Å². The van der Waals surface area contributed by atoms with Gasteiger partial charge in [-0.05, 0) is 25.8 Å². The minimum absolute atomic E-state index is 0.00887. The predicted molar refractivity (Wildman–Crippen MR) is 70.3 cm³/mol. The van der Waals surface area contributed by atoms with Crippen molar-refractivity contribution in [3.8, 4) is 0 Å². The number of esters is 1. The second kappa shape index (κ2) is 4.62. The van der Waals surface area contributed by atoms with E-state index in [0.29, 0.717) is 0 Å². The minimum atomic E-state index is -0.793. The van der Waals surface area contributed by atoms with Gasteiger partial charge < -0.3 is 9.47 Å². The lowest BCUT2D eigenvalue weighted by molar-refractivity contribution is -0.183. The second-order valence-corrected chi connectivity index (χ2v) is 5.51. The Labute approximate surface area is 113 Å². The molecule has 102 valence electrons. The average Bonchev–Trinajstić information content (AvgIpc) is 3.00. The standard InChI is InChI=1S/C15H19NO3/c1-10(11-6-4-3-5-7-11)18-14(17)15(2)12-8-13(19-15)16-9-12/h3-7,10,12-13,16H,8-9H2,1-2H3/t10-,12-,13?,15?/m1/s1. The van der Waals surface area contributed by atoms with Crippen LogP contribution in [0.3, 0.4) is 0 Å². The maximum atomic E-state index is 12.4. The first-order valence-corrected chi connectivity index (χ1v) is 6.77. The molecule has 2 unspecified atom stereocenters.